The molecule has 1 atom stereocenters. The van der Waals surface area contributed by atoms with E-state index in [0.29, 0.717) is 12.7 Å². The van der Waals surface area contributed by atoms with Crippen LogP contribution in [0, 0.1) is 6.42 Å². The third kappa shape index (κ3) is 2.74. The molecule has 2 rings (SSSR count). The number of ether oxygens (including phenoxy) is 2. The van der Waals surface area contributed by atoms with E-state index in [2.05, 4.69) is 18.6 Å². The second kappa shape index (κ2) is 4.47. The van der Waals surface area contributed by atoms with E-state index in [1.165, 1.54) is 5.56 Å². The van der Waals surface area contributed by atoms with Crippen molar-refractivity contribution < 1.29 is 9.47 Å². The van der Waals surface area contributed by atoms with Crippen molar-refractivity contribution in [1.82, 2.24) is 0 Å². The van der Waals surface area contributed by atoms with Gasteiger partial charge in [-0.1, -0.05) is 19.1 Å². The Morgan fingerprint density at radius 2 is 2.43 bits per heavy atom. The standard InChI is InChI=1S/C12H14O2/c1-2-4-10-5-3-6-11(7-10)13-8-12-9-14-12/h3,5-7,12H,4,8-9H2,1H3. The zero-order chi connectivity index (χ0) is 9.80. The van der Waals surface area contributed by atoms with Crippen LogP contribution in [0.1, 0.15) is 12.5 Å². The lowest BCUT2D eigenvalue weighted by molar-refractivity contribution is 0.263. The predicted molar refractivity (Wildman–Crippen MR) is 54.3 cm³/mol. The molecule has 0 saturated carbocycles. The van der Waals surface area contributed by atoms with Crippen molar-refractivity contribution >= 4 is 0 Å². The summed E-state index contributed by atoms with van der Waals surface area (Å²) in [6.45, 7) is 3.45. The molecule has 0 N–H and O–H groups in total. The van der Waals surface area contributed by atoms with Crippen molar-refractivity contribution in [2.75, 3.05) is 13.2 Å². The molecule has 0 aromatic heterocycles. The van der Waals surface area contributed by atoms with Gasteiger partial charge in [-0.2, -0.15) is 0 Å². The van der Waals surface area contributed by atoms with E-state index in [1.807, 2.05) is 19.1 Å². The molecule has 0 bridgehead atoms. The molecular formula is C12H14O2. The van der Waals surface area contributed by atoms with Crippen molar-refractivity contribution in [3.8, 4) is 5.75 Å². The highest BCUT2D eigenvalue weighted by Gasteiger charge is 2.22. The molecule has 0 spiro atoms. The molecule has 2 radical (unpaired) electrons. The fourth-order valence-electron chi connectivity index (χ4n) is 1.30. The molecule has 1 aliphatic rings. The molecule has 1 unspecified atom stereocenters. The Morgan fingerprint density at radius 3 is 3.14 bits per heavy atom. The highest BCUT2D eigenvalue weighted by molar-refractivity contribution is 5.29. The first-order valence-electron chi connectivity index (χ1n) is 4.86. The SMILES string of the molecule is C[C]Cc1cccc(OCC2CO2)c1. The highest BCUT2D eigenvalue weighted by Crippen LogP contribution is 2.17. The summed E-state index contributed by atoms with van der Waals surface area (Å²) in [6, 6.07) is 8.12. The molecule has 2 nitrogen and oxygen atoms in total. The first kappa shape index (κ1) is 9.53. The zero-order valence-corrected chi connectivity index (χ0v) is 8.32. The topological polar surface area (TPSA) is 21.8 Å². The molecule has 0 aliphatic carbocycles. The van der Waals surface area contributed by atoms with E-state index in [4.69, 9.17) is 9.47 Å². The Balaban J connectivity index is 1.90. The van der Waals surface area contributed by atoms with Crippen molar-refractivity contribution in [3.63, 3.8) is 0 Å². The average Bonchev–Trinajstić information content (AvgIpc) is 2.99. The van der Waals surface area contributed by atoms with E-state index in [1.54, 1.807) is 0 Å². The molecule has 14 heavy (non-hydrogen) atoms. The smallest absolute Gasteiger partial charge is 0.119 e. The van der Waals surface area contributed by atoms with Crippen LogP contribution in [0.5, 0.6) is 5.75 Å². The molecule has 0 amide bonds. The minimum Gasteiger partial charge on any atom is -0.491 e. The molecule has 1 saturated heterocycles. The van der Waals surface area contributed by atoms with Crippen LogP contribution < -0.4 is 4.74 Å². The molecule has 1 aromatic carbocycles. The second-order valence-electron chi connectivity index (χ2n) is 3.44. The summed E-state index contributed by atoms with van der Waals surface area (Å²) in [6.07, 6.45) is 4.30. The maximum absolute atomic E-state index is 5.56. The fourth-order valence-corrected chi connectivity index (χ4v) is 1.30. The van der Waals surface area contributed by atoms with Gasteiger partial charge in [-0.25, -0.2) is 0 Å². The summed E-state index contributed by atoms with van der Waals surface area (Å²) in [5.41, 5.74) is 1.24. The van der Waals surface area contributed by atoms with Gasteiger partial charge in [0.15, 0.2) is 0 Å². The van der Waals surface area contributed by atoms with Crippen LogP contribution in [0.15, 0.2) is 24.3 Å². The quantitative estimate of drug-likeness (QED) is 0.663. The first-order valence-corrected chi connectivity index (χ1v) is 4.86. The average molecular weight is 190 g/mol. The highest BCUT2D eigenvalue weighted by atomic mass is 16.6. The molecule has 1 heterocycles. The third-order valence-electron chi connectivity index (χ3n) is 2.12. The van der Waals surface area contributed by atoms with Gasteiger partial charge in [0.2, 0.25) is 0 Å². The van der Waals surface area contributed by atoms with Gasteiger partial charge in [-0.05, 0) is 30.5 Å². The lowest BCUT2D eigenvalue weighted by Gasteiger charge is -2.05. The Morgan fingerprint density at radius 1 is 1.57 bits per heavy atom. The largest absolute Gasteiger partial charge is 0.491 e. The van der Waals surface area contributed by atoms with E-state index in [0.717, 1.165) is 18.8 Å². The van der Waals surface area contributed by atoms with Gasteiger partial charge in [-0.3, -0.25) is 0 Å². The summed E-state index contributed by atoms with van der Waals surface area (Å²) < 4.78 is 10.6. The third-order valence-corrected chi connectivity index (χ3v) is 2.12. The van der Waals surface area contributed by atoms with E-state index < -0.39 is 0 Å². The van der Waals surface area contributed by atoms with Crippen LogP contribution in [-0.4, -0.2) is 19.3 Å². The fraction of sp³-hybridized carbons (Fsp3) is 0.417. The summed E-state index contributed by atoms with van der Waals surface area (Å²) in [7, 11) is 0. The van der Waals surface area contributed by atoms with Gasteiger partial charge < -0.3 is 9.47 Å². The maximum atomic E-state index is 5.56. The van der Waals surface area contributed by atoms with E-state index in [-0.39, 0.29) is 0 Å². The minimum absolute atomic E-state index is 0.322. The van der Waals surface area contributed by atoms with Crippen molar-refractivity contribution in [2.24, 2.45) is 0 Å². The number of epoxide rings is 1. The van der Waals surface area contributed by atoms with Gasteiger partial charge in [0, 0.05) is 0 Å². The van der Waals surface area contributed by atoms with Crippen LogP contribution in [0.3, 0.4) is 0 Å². The van der Waals surface area contributed by atoms with Crippen LogP contribution in [0.25, 0.3) is 0 Å². The lowest BCUT2D eigenvalue weighted by atomic mass is 10.1. The van der Waals surface area contributed by atoms with Crippen molar-refractivity contribution in [1.29, 1.82) is 0 Å². The van der Waals surface area contributed by atoms with Crippen molar-refractivity contribution in [3.05, 3.63) is 36.2 Å². The number of hydrogen-bond donors (Lipinski definition) is 0. The zero-order valence-electron chi connectivity index (χ0n) is 8.32. The number of hydrogen-bond acceptors (Lipinski definition) is 2. The lowest BCUT2D eigenvalue weighted by Crippen LogP contribution is -2.04. The monoisotopic (exact) mass is 190 g/mol. The molecular weight excluding hydrogens is 176 g/mol. The van der Waals surface area contributed by atoms with Gasteiger partial charge in [0.1, 0.15) is 18.5 Å². The number of rotatable bonds is 5. The normalized spacial score (nSPS) is 19.4. The van der Waals surface area contributed by atoms with Gasteiger partial charge >= 0.3 is 0 Å². The Labute approximate surface area is 84.8 Å². The van der Waals surface area contributed by atoms with Crippen LogP contribution in [-0.2, 0) is 11.2 Å². The van der Waals surface area contributed by atoms with Gasteiger partial charge in [0.25, 0.3) is 0 Å². The second-order valence-corrected chi connectivity index (χ2v) is 3.44. The van der Waals surface area contributed by atoms with E-state index in [9.17, 15) is 0 Å². The minimum atomic E-state index is 0.322. The summed E-state index contributed by atoms with van der Waals surface area (Å²) in [5.74, 6) is 0.924. The van der Waals surface area contributed by atoms with Crippen LogP contribution >= 0.6 is 0 Å². The molecule has 1 aliphatic heterocycles. The Bertz CT molecular complexity index is 292. The Kier molecular flexibility index (Phi) is 3.04. The van der Waals surface area contributed by atoms with E-state index >= 15 is 0 Å². The van der Waals surface area contributed by atoms with Crippen LogP contribution in [0.2, 0.25) is 0 Å². The predicted octanol–water partition coefficient (Wildman–Crippen LogP) is 2.11. The molecule has 74 valence electrons. The van der Waals surface area contributed by atoms with Crippen molar-refractivity contribution in [2.45, 2.75) is 19.4 Å². The summed E-state index contributed by atoms with van der Waals surface area (Å²) in [4.78, 5) is 0. The van der Waals surface area contributed by atoms with Gasteiger partial charge in [0.05, 0.1) is 6.61 Å². The van der Waals surface area contributed by atoms with Crippen LogP contribution in [0.4, 0.5) is 0 Å². The molecule has 1 aromatic rings. The maximum Gasteiger partial charge on any atom is 0.119 e. The summed E-state index contributed by atoms with van der Waals surface area (Å²) in [5, 5.41) is 0. The summed E-state index contributed by atoms with van der Waals surface area (Å²) >= 11 is 0. The molecule has 2 heteroatoms. The van der Waals surface area contributed by atoms with Gasteiger partial charge in [-0.15, -0.1) is 0 Å². The number of benzene rings is 1. The molecule has 1 fully saturated rings. The Hall–Kier alpha value is -1.02. The first-order chi connectivity index (χ1) is 6.88.